The average molecular weight is 258 g/mol. The van der Waals surface area contributed by atoms with Gasteiger partial charge in [-0.25, -0.2) is 0 Å². The highest BCUT2D eigenvalue weighted by molar-refractivity contribution is 5.27. The zero-order valence-electron chi connectivity index (χ0n) is 10.2. The SMILES string of the molecule is CC(c1ccc(C(F)(F)F)cc1)[C@H]1CNCCN1. The molecule has 1 unspecified atom stereocenters. The Kier molecular flexibility index (Phi) is 3.92. The summed E-state index contributed by atoms with van der Waals surface area (Å²) in [6.45, 7) is 4.72. The molecule has 1 fully saturated rings. The van der Waals surface area contributed by atoms with Crippen molar-refractivity contribution < 1.29 is 13.2 Å². The van der Waals surface area contributed by atoms with Gasteiger partial charge in [-0.1, -0.05) is 19.1 Å². The lowest BCUT2D eigenvalue weighted by molar-refractivity contribution is -0.137. The molecular weight excluding hydrogens is 241 g/mol. The summed E-state index contributed by atoms with van der Waals surface area (Å²) >= 11 is 0. The predicted octanol–water partition coefficient (Wildman–Crippen LogP) is 2.37. The normalized spacial score (nSPS) is 22.8. The Morgan fingerprint density at radius 1 is 1.17 bits per heavy atom. The molecule has 0 spiro atoms. The number of nitrogens with one attached hydrogen (secondary N) is 2. The largest absolute Gasteiger partial charge is 0.416 e. The van der Waals surface area contributed by atoms with Crippen LogP contribution in [0.15, 0.2) is 24.3 Å². The van der Waals surface area contributed by atoms with Crippen molar-refractivity contribution in [2.24, 2.45) is 0 Å². The van der Waals surface area contributed by atoms with Gasteiger partial charge >= 0.3 is 6.18 Å². The van der Waals surface area contributed by atoms with Crippen LogP contribution in [0.1, 0.15) is 24.0 Å². The molecule has 0 amide bonds. The molecule has 5 heteroatoms. The number of hydrogen-bond donors (Lipinski definition) is 2. The Bertz CT molecular complexity index is 380. The van der Waals surface area contributed by atoms with Crippen LogP contribution in [0, 0.1) is 0 Å². The molecule has 18 heavy (non-hydrogen) atoms. The van der Waals surface area contributed by atoms with Crippen LogP contribution in [-0.2, 0) is 6.18 Å². The first-order valence-electron chi connectivity index (χ1n) is 6.10. The van der Waals surface area contributed by atoms with Gasteiger partial charge < -0.3 is 10.6 Å². The second kappa shape index (κ2) is 5.28. The minimum absolute atomic E-state index is 0.195. The highest BCUT2D eigenvalue weighted by Gasteiger charge is 2.30. The van der Waals surface area contributed by atoms with Gasteiger partial charge in [0.05, 0.1) is 5.56 Å². The second-order valence-corrected chi connectivity index (χ2v) is 4.67. The number of alkyl halides is 3. The number of rotatable bonds is 2. The lowest BCUT2D eigenvalue weighted by atomic mass is 9.91. The van der Waals surface area contributed by atoms with E-state index in [1.807, 2.05) is 6.92 Å². The van der Waals surface area contributed by atoms with Gasteiger partial charge in [0.1, 0.15) is 0 Å². The van der Waals surface area contributed by atoms with E-state index >= 15 is 0 Å². The Morgan fingerprint density at radius 2 is 1.83 bits per heavy atom. The maximum absolute atomic E-state index is 12.5. The van der Waals surface area contributed by atoms with Crippen molar-refractivity contribution in [3.63, 3.8) is 0 Å². The van der Waals surface area contributed by atoms with E-state index in [2.05, 4.69) is 10.6 Å². The van der Waals surface area contributed by atoms with E-state index in [0.29, 0.717) is 0 Å². The smallest absolute Gasteiger partial charge is 0.314 e. The molecule has 0 saturated carbocycles. The molecule has 2 rings (SSSR count). The van der Waals surface area contributed by atoms with Gasteiger partial charge in [-0.15, -0.1) is 0 Å². The van der Waals surface area contributed by atoms with Crippen LogP contribution >= 0.6 is 0 Å². The molecule has 1 heterocycles. The number of piperazine rings is 1. The molecule has 100 valence electrons. The van der Waals surface area contributed by atoms with Crippen molar-refractivity contribution in [2.45, 2.75) is 25.1 Å². The van der Waals surface area contributed by atoms with Crippen molar-refractivity contribution in [3.05, 3.63) is 35.4 Å². The van der Waals surface area contributed by atoms with Crippen LogP contribution in [0.3, 0.4) is 0 Å². The molecular formula is C13H17F3N2. The summed E-state index contributed by atoms with van der Waals surface area (Å²) in [6, 6.07) is 5.73. The molecule has 2 N–H and O–H groups in total. The first-order chi connectivity index (χ1) is 8.48. The van der Waals surface area contributed by atoms with E-state index in [4.69, 9.17) is 0 Å². The van der Waals surface area contributed by atoms with E-state index in [-0.39, 0.29) is 12.0 Å². The quantitative estimate of drug-likeness (QED) is 0.851. The van der Waals surface area contributed by atoms with E-state index in [1.54, 1.807) is 12.1 Å². The number of hydrogen-bond acceptors (Lipinski definition) is 2. The van der Waals surface area contributed by atoms with Gasteiger partial charge in [0.2, 0.25) is 0 Å². The summed E-state index contributed by atoms with van der Waals surface area (Å²) in [5, 5.41) is 6.66. The molecule has 0 radical (unpaired) electrons. The Morgan fingerprint density at radius 3 is 2.33 bits per heavy atom. The molecule has 2 nitrogen and oxygen atoms in total. The van der Waals surface area contributed by atoms with Crippen LogP contribution in [-0.4, -0.2) is 25.7 Å². The predicted molar refractivity (Wildman–Crippen MR) is 64.5 cm³/mol. The van der Waals surface area contributed by atoms with E-state index in [9.17, 15) is 13.2 Å². The van der Waals surface area contributed by atoms with Gasteiger partial charge in [0.25, 0.3) is 0 Å². The van der Waals surface area contributed by atoms with Crippen LogP contribution in [0.25, 0.3) is 0 Å². The molecule has 0 aliphatic carbocycles. The van der Waals surface area contributed by atoms with E-state index in [1.165, 1.54) is 0 Å². The summed E-state index contributed by atoms with van der Waals surface area (Å²) in [7, 11) is 0. The average Bonchev–Trinajstić information content (AvgIpc) is 2.38. The van der Waals surface area contributed by atoms with Gasteiger partial charge in [0.15, 0.2) is 0 Å². The highest BCUT2D eigenvalue weighted by atomic mass is 19.4. The van der Waals surface area contributed by atoms with Gasteiger partial charge in [-0.05, 0) is 23.6 Å². The Labute approximate surface area is 105 Å². The second-order valence-electron chi connectivity index (χ2n) is 4.67. The maximum Gasteiger partial charge on any atom is 0.416 e. The zero-order valence-corrected chi connectivity index (χ0v) is 10.2. The summed E-state index contributed by atoms with van der Waals surface area (Å²) in [6.07, 6.45) is -4.26. The van der Waals surface area contributed by atoms with Crippen molar-refractivity contribution in [2.75, 3.05) is 19.6 Å². The van der Waals surface area contributed by atoms with Gasteiger partial charge in [-0.3, -0.25) is 0 Å². The Hall–Kier alpha value is -1.07. The third-order valence-corrected chi connectivity index (χ3v) is 3.44. The van der Waals surface area contributed by atoms with E-state index in [0.717, 1.165) is 37.3 Å². The molecule has 1 aliphatic heterocycles. The lowest BCUT2D eigenvalue weighted by Crippen LogP contribution is -2.50. The molecule has 1 aromatic rings. The standard InChI is InChI=1S/C13H17F3N2/c1-9(12-8-17-6-7-18-12)10-2-4-11(5-3-10)13(14,15)16/h2-5,9,12,17-18H,6-8H2,1H3/t9?,12-/m1/s1. The van der Waals surface area contributed by atoms with Crippen LogP contribution in [0.4, 0.5) is 13.2 Å². The van der Waals surface area contributed by atoms with Gasteiger partial charge in [0, 0.05) is 25.7 Å². The lowest BCUT2D eigenvalue weighted by Gasteiger charge is -2.30. The highest BCUT2D eigenvalue weighted by Crippen LogP contribution is 2.30. The van der Waals surface area contributed by atoms with Gasteiger partial charge in [-0.2, -0.15) is 13.2 Å². The summed E-state index contributed by atoms with van der Waals surface area (Å²) < 4.78 is 37.4. The third-order valence-electron chi connectivity index (χ3n) is 3.44. The molecule has 0 aromatic heterocycles. The fourth-order valence-electron chi connectivity index (χ4n) is 2.24. The molecule has 1 aromatic carbocycles. The van der Waals surface area contributed by atoms with Crippen LogP contribution in [0.5, 0.6) is 0 Å². The number of halogens is 3. The first-order valence-corrected chi connectivity index (χ1v) is 6.10. The summed E-state index contributed by atoms with van der Waals surface area (Å²) in [5.74, 6) is 0.195. The molecule has 1 aliphatic rings. The molecule has 2 atom stereocenters. The molecule has 1 saturated heterocycles. The van der Waals surface area contributed by atoms with Crippen molar-refractivity contribution in [1.29, 1.82) is 0 Å². The van der Waals surface area contributed by atoms with Crippen LogP contribution in [0.2, 0.25) is 0 Å². The number of benzene rings is 1. The minimum atomic E-state index is -4.26. The fourth-order valence-corrected chi connectivity index (χ4v) is 2.24. The first kappa shape index (κ1) is 13.4. The van der Waals surface area contributed by atoms with E-state index < -0.39 is 11.7 Å². The minimum Gasteiger partial charge on any atom is -0.314 e. The monoisotopic (exact) mass is 258 g/mol. The molecule has 0 bridgehead atoms. The van der Waals surface area contributed by atoms with Crippen molar-refractivity contribution in [1.82, 2.24) is 10.6 Å². The zero-order chi connectivity index (χ0) is 13.2. The Balaban J connectivity index is 2.09. The fraction of sp³-hybridized carbons (Fsp3) is 0.538. The summed E-state index contributed by atoms with van der Waals surface area (Å²) in [5.41, 5.74) is 0.345. The van der Waals surface area contributed by atoms with Crippen molar-refractivity contribution in [3.8, 4) is 0 Å². The van der Waals surface area contributed by atoms with Crippen LogP contribution < -0.4 is 10.6 Å². The summed E-state index contributed by atoms with van der Waals surface area (Å²) in [4.78, 5) is 0. The third kappa shape index (κ3) is 3.03. The maximum atomic E-state index is 12.5. The van der Waals surface area contributed by atoms with Crippen molar-refractivity contribution >= 4 is 0 Å². The topological polar surface area (TPSA) is 24.1 Å².